The first kappa shape index (κ1) is 22.9. The van der Waals surface area contributed by atoms with Crippen LogP contribution in [0.25, 0.3) is 0 Å². The van der Waals surface area contributed by atoms with Gasteiger partial charge in [0.25, 0.3) is 0 Å². The Morgan fingerprint density at radius 1 is 1.15 bits per heavy atom. The van der Waals surface area contributed by atoms with Gasteiger partial charge in [0.2, 0.25) is 5.88 Å². The summed E-state index contributed by atoms with van der Waals surface area (Å²) in [6.07, 6.45) is -0.206. The van der Waals surface area contributed by atoms with E-state index in [1.165, 1.54) is 0 Å². The van der Waals surface area contributed by atoms with E-state index in [0.717, 1.165) is 22.5 Å². The van der Waals surface area contributed by atoms with Crippen LogP contribution >= 0.6 is 11.3 Å². The number of ether oxygens (including phenoxy) is 3. The van der Waals surface area contributed by atoms with E-state index >= 15 is 0 Å². The molecule has 0 aliphatic carbocycles. The van der Waals surface area contributed by atoms with E-state index < -0.39 is 0 Å². The molecule has 1 amide bonds. The van der Waals surface area contributed by atoms with Gasteiger partial charge in [-0.3, -0.25) is 14.7 Å². The number of thiazole rings is 1. The summed E-state index contributed by atoms with van der Waals surface area (Å²) in [5.74, 6) is 0.591. The van der Waals surface area contributed by atoms with E-state index in [4.69, 9.17) is 14.2 Å². The summed E-state index contributed by atoms with van der Waals surface area (Å²) in [4.78, 5) is 27.9. The summed E-state index contributed by atoms with van der Waals surface area (Å²) >= 11 is 0.995. The van der Waals surface area contributed by atoms with Crippen LogP contribution in [0.15, 0.2) is 59.4 Å². The number of aromatic amines is 1. The van der Waals surface area contributed by atoms with Crippen molar-refractivity contribution in [3.05, 3.63) is 80.3 Å². The third-order valence-corrected chi connectivity index (χ3v) is 6.20. The van der Waals surface area contributed by atoms with Crippen LogP contribution in [0.1, 0.15) is 22.9 Å². The molecule has 2 aromatic carbocycles. The molecular formula is C24H26N2O6S. The van der Waals surface area contributed by atoms with Crippen molar-refractivity contribution in [3.8, 4) is 11.6 Å². The summed E-state index contributed by atoms with van der Waals surface area (Å²) in [7, 11) is 0. The Hall–Kier alpha value is -3.30. The summed E-state index contributed by atoms with van der Waals surface area (Å²) < 4.78 is 17.0. The quantitative estimate of drug-likeness (QED) is 0.470. The second-order valence-electron chi connectivity index (χ2n) is 7.93. The number of nitrogens with zero attached hydrogens (tertiary/aromatic N) is 1. The van der Waals surface area contributed by atoms with Gasteiger partial charge in [0.1, 0.15) is 18.5 Å². The topological polar surface area (TPSA) is 101 Å². The molecule has 2 unspecified atom stereocenters. The summed E-state index contributed by atoms with van der Waals surface area (Å²) in [5, 5.41) is 9.72. The van der Waals surface area contributed by atoms with Gasteiger partial charge in [0.15, 0.2) is 0 Å². The Bertz CT molecular complexity index is 1110. The standard InChI is InChI=1S/C24H26N2O6S/c1-16(26-12-20(32-24(26)29)15-30-14-18-5-3-2-4-6-18)13-31-19-9-7-17(8-10-19)11-21-22(27)25-23(28)33-21/h2-10,16,20,27H,11-15H2,1H3,(H,25,28). The number of amides is 1. The molecule has 4 rings (SSSR count). The van der Waals surface area contributed by atoms with Crippen LogP contribution in [0.5, 0.6) is 11.6 Å². The van der Waals surface area contributed by atoms with Gasteiger partial charge in [0.05, 0.1) is 30.7 Å². The van der Waals surface area contributed by atoms with E-state index in [1.54, 1.807) is 4.90 Å². The van der Waals surface area contributed by atoms with Crippen molar-refractivity contribution in [2.24, 2.45) is 0 Å². The Labute approximate surface area is 195 Å². The third-order valence-electron chi connectivity index (χ3n) is 5.33. The molecule has 2 heterocycles. The average Bonchev–Trinajstić information content (AvgIpc) is 3.34. The van der Waals surface area contributed by atoms with E-state index in [2.05, 4.69) is 4.98 Å². The van der Waals surface area contributed by atoms with Crippen molar-refractivity contribution in [2.45, 2.75) is 32.1 Å². The normalized spacial score (nSPS) is 16.6. The molecule has 1 saturated heterocycles. The second kappa shape index (κ2) is 10.5. The fourth-order valence-corrected chi connectivity index (χ4v) is 4.30. The van der Waals surface area contributed by atoms with Crippen molar-refractivity contribution in [3.63, 3.8) is 0 Å². The Kier molecular flexibility index (Phi) is 7.31. The maximum Gasteiger partial charge on any atom is 0.410 e. The predicted octanol–water partition coefficient (Wildman–Crippen LogP) is 3.54. The number of hydrogen-bond acceptors (Lipinski definition) is 7. The van der Waals surface area contributed by atoms with Gasteiger partial charge in [-0.15, -0.1) is 0 Å². The molecule has 0 radical (unpaired) electrons. The molecule has 2 atom stereocenters. The van der Waals surface area contributed by atoms with Crippen LogP contribution in [-0.4, -0.2) is 53.0 Å². The van der Waals surface area contributed by atoms with Gasteiger partial charge >= 0.3 is 11.0 Å². The minimum Gasteiger partial charge on any atom is -0.494 e. The highest BCUT2D eigenvalue weighted by molar-refractivity contribution is 7.09. The lowest BCUT2D eigenvalue weighted by molar-refractivity contribution is 0.0381. The van der Waals surface area contributed by atoms with Gasteiger partial charge < -0.3 is 19.3 Å². The number of hydrogen-bond donors (Lipinski definition) is 2. The van der Waals surface area contributed by atoms with Gasteiger partial charge in [-0.05, 0) is 30.2 Å². The van der Waals surface area contributed by atoms with Crippen LogP contribution in [0.3, 0.4) is 0 Å². The molecule has 1 aromatic heterocycles. The molecule has 33 heavy (non-hydrogen) atoms. The highest BCUT2D eigenvalue weighted by Crippen LogP contribution is 2.22. The predicted molar refractivity (Wildman–Crippen MR) is 124 cm³/mol. The number of carbonyl (C=O) groups is 1. The van der Waals surface area contributed by atoms with Crippen LogP contribution in [0.4, 0.5) is 4.79 Å². The molecule has 0 bridgehead atoms. The number of aromatic hydroxyl groups is 1. The van der Waals surface area contributed by atoms with E-state index in [0.29, 0.717) is 43.4 Å². The van der Waals surface area contributed by atoms with Gasteiger partial charge in [-0.2, -0.15) is 0 Å². The molecule has 9 heteroatoms. The molecule has 1 aliphatic rings. The van der Waals surface area contributed by atoms with Gasteiger partial charge in [-0.25, -0.2) is 4.79 Å². The summed E-state index contributed by atoms with van der Waals surface area (Å²) in [5.41, 5.74) is 2.02. The van der Waals surface area contributed by atoms with Crippen molar-refractivity contribution in [1.29, 1.82) is 0 Å². The number of benzene rings is 2. The number of rotatable bonds is 10. The van der Waals surface area contributed by atoms with Crippen LogP contribution in [-0.2, 0) is 22.5 Å². The molecular weight excluding hydrogens is 444 g/mol. The van der Waals surface area contributed by atoms with Gasteiger partial charge in [0, 0.05) is 6.42 Å². The fourth-order valence-electron chi connectivity index (χ4n) is 3.54. The Morgan fingerprint density at radius 2 is 1.91 bits per heavy atom. The van der Waals surface area contributed by atoms with Crippen LogP contribution in [0, 0.1) is 0 Å². The number of nitrogens with one attached hydrogen (secondary N) is 1. The first-order valence-electron chi connectivity index (χ1n) is 10.7. The lowest BCUT2D eigenvalue weighted by Gasteiger charge is -2.22. The molecule has 174 valence electrons. The van der Waals surface area contributed by atoms with Crippen molar-refractivity contribution in [1.82, 2.24) is 9.88 Å². The lowest BCUT2D eigenvalue weighted by Crippen LogP contribution is -2.38. The monoisotopic (exact) mass is 470 g/mol. The largest absolute Gasteiger partial charge is 0.494 e. The molecule has 3 aromatic rings. The summed E-state index contributed by atoms with van der Waals surface area (Å²) in [6.45, 7) is 3.52. The first-order valence-corrected chi connectivity index (χ1v) is 11.5. The first-order chi connectivity index (χ1) is 16.0. The third kappa shape index (κ3) is 6.15. The fraction of sp³-hybridized carbons (Fsp3) is 0.333. The molecule has 8 nitrogen and oxygen atoms in total. The average molecular weight is 471 g/mol. The Balaban J connectivity index is 1.22. The zero-order valence-corrected chi connectivity index (χ0v) is 19.0. The smallest absolute Gasteiger partial charge is 0.410 e. The van der Waals surface area contributed by atoms with Gasteiger partial charge in [-0.1, -0.05) is 53.8 Å². The van der Waals surface area contributed by atoms with Crippen molar-refractivity contribution < 1.29 is 24.1 Å². The number of aromatic nitrogens is 1. The highest BCUT2D eigenvalue weighted by Gasteiger charge is 2.34. The minimum absolute atomic E-state index is 0.0829. The Morgan fingerprint density at radius 3 is 2.61 bits per heavy atom. The maximum absolute atomic E-state index is 12.3. The molecule has 2 N–H and O–H groups in total. The van der Waals surface area contributed by atoms with Crippen molar-refractivity contribution in [2.75, 3.05) is 19.8 Å². The summed E-state index contributed by atoms with van der Waals surface area (Å²) in [6, 6.07) is 17.1. The lowest BCUT2D eigenvalue weighted by atomic mass is 10.1. The highest BCUT2D eigenvalue weighted by atomic mass is 32.1. The molecule has 1 fully saturated rings. The number of H-pyrrole nitrogens is 1. The molecule has 1 aliphatic heterocycles. The van der Waals surface area contributed by atoms with Crippen molar-refractivity contribution >= 4 is 17.4 Å². The minimum atomic E-state index is -0.361. The number of cyclic esters (lactones) is 1. The molecule has 0 spiro atoms. The second-order valence-corrected chi connectivity index (χ2v) is 8.99. The zero-order valence-electron chi connectivity index (χ0n) is 18.2. The maximum atomic E-state index is 12.3. The SMILES string of the molecule is CC(COc1ccc(Cc2sc(=O)[nH]c2O)cc1)N1CC(COCc2ccccc2)OC1=O. The number of carbonyl (C=O) groups excluding carboxylic acids is 1. The van der Waals surface area contributed by atoms with Crippen LogP contribution in [0.2, 0.25) is 0 Å². The zero-order chi connectivity index (χ0) is 23.2. The van der Waals surface area contributed by atoms with Crippen LogP contribution < -0.4 is 9.61 Å². The van der Waals surface area contributed by atoms with E-state index in [1.807, 2.05) is 61.5 Å². The molecule has 0 saturated carbocycles. The van der Waals surface area contributed by atoms with E-state index in [-0.39, 0.29) is 29.0 Å². The van der Waals surface area contributed by atoms with E-state index in [9.17, 15) is 14.7 Å².